The van der Waals surface area contributed by atoms with E-state index in [0.717, 1.165) is 18.8 Å². The maximum absolute atomic E-state index is 4.12. The Morgan fingerprint density at radius 2 is 2.06 bits per heavy atom. The lowest BCUT2D eigenvalue weighted by molar-refractivity contribution is 0.271. The van der Waals surface area contributed by atoms with Gasteiger partial charge in [0, 0.05) is 18.6 Å². The van der Waals surface area contributed by atoms with Crippen LogP contribution in [0.25, 0.3) is 0 Å². The Balaban J connectivity index is 2.02. The molecule has 2 rings (SSSR count). The van der Waals surface area contributed by atoms with Crippen molar-refractivity contribution in [2.75, 3.05) is 18.0 Å². The van der Waals surface area contributed by atoms with Gasteiger partial charge in [0.15, 0.2) is 0 Å². The van der Waals surface area contributed by atoms with Crippen LogP contribution in [0.2, 0.25) is 0 Å². The summed E-state index contributed by atoms with van der Waals surface area (Å²) in [4.78, 5) is 10.7. The number of rotatable bonds is 4. The average Bonchev–Trinajstić information content (AvgIpc) is 2.41. The predicted octanol–water partition coefficient (Wildman–Crippen LogP) is 2.08. The average molecular weight is 248 g/mol. The van der Waals surface area contributed by atoms with Gasteiger partial charge in [0.05, 0.1) is 18.1 Å². The molecule has 0 bridgehead atoms. The molecule has 2 heterocycles. The van der Waals surface area contributed by atoms with Crippen LogP contribution in [0, 0.1) is 5.92 Å². The SMILES string of the molecule is CCCNC1CCN(c2cncnc2)C(C)C1C. The molecule has 3 atom stereocenters. The number of piperidine rings is 1. The van der Waals surface area contributed by atoms with Crippen LogP contribution in [0.5, 0.6) is 0 Å². The molecular formula is C14H24N4. The molecule has 0 aliphatic carbocycles. The molecule has 1 aliphatic heterocycles. The van der Waals surface area contributed by atoms with Gasteiger partial charge in [-0.25, -0.2) is 9.97 Å². The lowest BCUT2D eigenvalue weighted by atomic mass is 9.86. The Morgan fingerprint density at radius 1 is 1.33 bits per heavy atom. The molecule has 0 amide bonds. The van der Waals surface area contributed by atoms with E-state index in [0.29, 0.717) is 18.0 Å². The third-order valence-electron chi connectivity index (χ3n) is 4.10. The van der Waals surface area contributed by atoms with Crippen molar-refractivity contribution in [2.24, 2.45) is 5.92 Å². The van der Waals surface area contributed by atoms with Gasteiger partial charge in [0.2, 0.25) is 0 Å². The van der Waals surface area contributed by atoms with E-state index >= 15 is 0 Å². The molecule has 1 N–H and O–H groups in total. The number of aromatic nitrogens is 2. The zero-order valence-electron chi connectivity index (χ0n) is 11.6. The van der Waals surface area contributed by atoms with E-state index in [9.17, 15) is 0 Å². The van der Waals surface area contributed by atoms with E-state index in [-0.39, 0.29) is 0 Å². The predicted molar refractivity (Wildman–Crippen MR) is 74.7 cm³/mol. The highest BCUT2D eigenvalue weighted by atomic mass is 15.2. The van der Waals surface area contributed by atoms with Crippen molar-refractivity contribution < 1.29 is 0 Å². The first-order valence-corrected chi connectivity index (χ1v) is 6.99. The highest BCUT2D eigenvalue weighted by molar-refractivity contribution is 5.43. The molecule has 1 aliphatic rings. The molecule has 0 spiro atoms. The zero-order chi connectivity index (χ0) is 13.0. The fraction of sp³-hybridized carbons (Fsp3) is 0.714. The second-order valence-corrected chi connectivity index (χ2v) is 5.24. The van der Waals surface area contributed by atoms with Gasteiger partial charge < -0.3 is 10.2 Å². The summed E-state index contributed by atoms with van der Waals surface area (Å²) in [6.07, 6.45) is 7.81. The zero-order valence-corrected chi connectivity index (χ0v) is 11.6. The van der Waals surface area contributed by atoms with Gasteiger partial charge in [-0.15, -0.1) is 0 Å². The lowest BCUT2D eigenvalue weighted by Crippen LogP contribution is -2.53. The molecule has 4 nitrogen and oxygen atoms in total. The van der Waals surface area contributed by atoms with Crippen LogP contribution < -0.4 is 10.2 Å². The van der Waals surface area contributed by atoms with E-state index in [2.05, 4.69) is 41.0 Å². The van der Waals surface area contributed by atoms with E-state index in [4.69, 9.17) is 0 Å². The Labute approximate surface area is 110 Å². The molecule has 0 saturated carbocycles. The number of nitrogens with one attached hydrogen (secondary N) is 1. The van der Waals surface area contributed by atoms with Crippen LogP contribution in [0.3, 0.4) is 0 Å². The lowest BCUT2D eigenvalue weighted by Gasteiger charge is -2.44. The standard InChI is InChI=1S/C14H24N4/c1-4-6-17-14-5-7-18(12(3)11(14)2)13-8-15-10-16-9-13/h8-12,14,17H,4-7H2,1-3H3. The second kappa shape index (κ2) is 6.14. The number of anilines is 1. The van der Waals surface area contributed by atoms with Crippen molar-refractivity contribution in [1.29, 1.82) is 0 Å². The fourth-order valence-corrected chi connectivity index (χ4v) is 2.79. The maximum atomic E-state index is 4.12. The van der Waals surface area contributed by atoms with Crippen LogP contribution >= 0.6 is 0 Å². The van der Waals surface area contributed by atoms with Crippen molar-refractivity contribution in [1.82, 2.24) is 15.3 Å². The molecule has 0 aromatic carbocycles. The maximum Gasteiger partial charge on any atom is 0.115 e. The summed E-state index contributed by atoms with van der Waals surface area (Å²) in [5, 5.41) is 3.67. The summed E-state index contributed by atoms with van der Waals surface area (Å²) in [6.45, 7) is 9.07. The highest BCUT2D eigenvalue weighted by Crippen LogP contribution is 2.27. The molecule has 100 valence electrons. The van der Waals surface area contributed by atoms with Crippen molar-refractivity contribution >= 4 is 5.69 Å². The Morgan fingerprint density at radius 3 is 2.72 bits per heavy atom. The van der Waals surface area contributed by atoms with Crippen LogP contribution in [0.15, 0.2) is 18.7 Å². The Kier molecular flexibility index (Phi) is 4.53. The first-order chi connectivity index (χ1) is 8.74. The summed E-state index contributed by atoms with van der Waals surface area (Å²) in [5.41, 5.74) is 1.14. The second-order valence-electron chi connectivity index (χ2n) is 5.24. The van der Waals surface area contributed by atoms with Gasteiger partial charge in [-0.1, -0.05) is 13.8 Å². The molecule has 1 saturated heterocycles. The molecule has 4 heteroatoms. The van der Waals surface area contributed by atoms with Gasteiger partial charge in [-0.05, 0) is 32.2 Å². The van der Waals surface area contributed by atoms with E-state index < -0.39 is 0 Å². The molecule has 1 aromatic heterocycles. The third-order valence-corrected chi connectivity index (χ3v) is 4.10. The van der Waals surface area contributed by atoms with Gasteiger partial charge in [-0.2, -0.15) is 0 Å². The number of hydrogen-bond acceptors (Lipinski definition) is 4. The summed E-state index contributed by atoms with van der Waals surface area (Å²) >= 11 is 0. The van der Waals surface area contributed by atoms with Gasteiger partial charge in [0.1, 0.15) is 6.33 Å². The van der Waals surface area contributed by atoms with Crippen LogP contribution in [0.4, 0.5) is 5.69 Å². The van der Waals surface area contributed by atoms with Crippen molar-refractivity contribution in [3.63, 3.8) is 0 Å². The Bertz CT molecular complexity index is 354. The Hall–Kier alpha value is -1.16. The minimum absolute atomic E-state index is 0.527. The van der Waals surface area contributed by atoms with Crippen molar-refractivity contribution in [2.45, 2.75) is 45.7 Å². The quantitative estimate of drug-likeness (QED) is 0.885. The summed E-state index contributed by atoms with van der Waals surface area (Å²) in [6, 6.07) is 1.17. The largest absolute Gasteiger partial charge is 0.366 e. The minimum atomic E-state index is 0.527. The van der Waals surface area contributed by atoms with Gasteiger partial charge in [0.25, 0.3) is 0 Å². The van der Waals surface area contributed by atoms with Crippen molar-refractivity contribution in [3.05, 3.63) is 18.7 Å². The van der Waals surface area contributed by atoms with Crippen LogP contribution in [-0.4, -0.2) is 35.1 Å². The van der Waals surface area contributed by atoms with E-state index in [1.807, 2.05) is 12.4 Å². The highest BCUT2D eigenvalue weighted by Gasteiger charge is 2.32. The topological polar surface area (TPSA) is 41.0 Å². The summed E-state index contributed by atoms with van der Waals surface area (Å²) in [7, 11) is 0. The van der Waals surface area contributed by atoms with Crippen LogP contribution in [0.1, 0.15) is 33.6 Å². The molecular weight excluding hydrogens is 224 g/mol. The molecule has 1 aromatic rings. The number of nitrogens with zero attached hydrogens (tertiary/aromatic N) is 3. The third kappa shape index (κ3) is 2.80. The molecule has 18 heavy (non-hydrogen) atoms. The summed E-state index contributed by atoms with van der Waals surface area (Å²) in [5.74, 6) is 0.644. The number of hydrogen-bond donors (Lipinski definition) is 1. The fourth-order valence-electron chi connectivity index (χ4n) is 2.79. The molecule has 0 radical (unpaired) electrons. The summed E-state index contributed by atoms with van der Waals surface area (Å²) < 4.78 is 0. The van der Waals surface area contributed by atoms with Crippen molar-refractivity contribution in [3.8, 4) is 0 Å². The normalized spacial score (nSPS) is 28.4. The van der Waals surface area contributed by atoms with Gasteiger partial charge in [-0.3, -0.25) is 0 Å². The van der Waals surface area contributed by atoms with E-state index in [1.165, 1.54) is 12.8 Å². The smallest absolute Gasteiger partial charge is 0.115 e. The molecule has 3 unspecified atom stereocenters. The van der Waals surface area contributed by atoms with Gasteiger partial charge >= 0.3 is 0 Å². The molecule has 1 fully saturated rings. The van der Waals surface area contributed by atoms with E-state index in [1.54, 1.807) is 6.33 Å². The first-order valence-electron chi connectivity index (χ1n) is 6.99. The minimum Gasteiger partial charge on any atom is -0.366 e. The first kappa shape index (κ1) is 13.3. The van der Waals surface area contributed by atoms with Crippen LogP contribution in [-0.2, 0) is 0 Å². The monoisotopic (exact) mass is 248 g/mol.